The van der Waals surface area contributed by atoms with Crippen LogP contribution in [0.2, 0.25) is 0 Å². The zero-order valence-corrected chi connectivity index (χ0v) is 8.60. The summed E-state index contributed by atoms with van der Waals surface area (Å²) in [4.78, 5) is 2.08. The van der Waals surface area contributed by atoms with Gasteiger partial charge in [-0.3, -0.25) is 5.41 Å². The van der Waals surface area contributed by atoms with Crippen LogP contribution in [0, 0.1) is 5.41 Å². The largest absolute Gasteiger partial charge is 1.00 e. The van der Waals surface area contributed by atoms with Crippen LogP contribution in [-0.2, 0) is 0 Å². The van der Waals surface area contributed by atoms with Crippen LogP contribution in [0.15, 0.2) is 0 Å². The van der Waals surface area contributed by atoms with Crippen molar-refractivity contribution in [3.63, 3.8) is 0 Å². The zero-order chi connectivity index (χ0) is 8.31. The Hall–Kier alpha value is 0.0674. The van der Waals surface area contributed by atoms with Gasteiger partial charge in [-0.05, 0) is 34.6 Å². The first kappa shape index (κ1) is 13.6. The van der Waals surface area contributed by atoms with Gasteiger partial charge < -0.3 is 6.33 Å². The number of rotatable bonds is 2. The molecule has 0 aromatic rings. The third-order valence-electron chi connectivity index (χ3n) is 1.50. The predicted octanol–water partition coefficient (Wildman–Crippen LogP) is -0.781. The SMILES string of the molecule is CC(=N)N(C(C)C)C(C)C.[H-].[Li+]. The van der Waals surface area contributed by atoms with E-state index < -0.39 is 0 Å². The minimum absolute atomic E-state index is 0. The summed E-state index contributed by atoms with van der Waals surface area (Å²) in [6.07, 6.45) is 0. The second-order valence-electron chi connectivity index (χ2n) is 3.18. The van der Waals surface area contributed by atoms with Crippen LogP contribution in [0.5, 0.6) is 0 Å². The van der Waals surface area contributed by atoms with E-state index in [2.05, 4.69) is 32.6 Å². The van der Waals surface area contributed by atoms with E-state index in [1.807, 2.05) is 6.92 Å². The Bertz CT molecular complexity index is 118. The van der Waals surface area contributed by atoms with Crippen molar-refractivity contribution < 1.29 is 20.3 Å². The zero-order valence-electron chi connectivity index (χ0n) is 9.60. The van der Waals surface area contributed by atoms with Gasteiger partial charge in [0, 0.05) is 12.1 Å². The molecule has 0 atom stereocenters. The summed E-state index contributed by atoms with van der Waals surface area (Å²) in [5.41, 5.74) is 0. The monoisotopic (exact) mass is 150 g/mol. The summed E-state index contributed by atoms with van der Waals surface area (Å²) in [6.45, 7) is 10.3. The van der Waals surface area contributed by atoms with Crippen LogP contribution >= 0.6 is 0 Å². The maximum atomic E-state index is 7.44. The van der Waals surface area contributed by atoms with Crippen LogP contribution in [0.4, 0.5) is 0 Å². The third-order valence-corrected chi connectivity index (χ3v) is 1.50. The Kier molecular flexibility index (Phi) is 7.05. The molecule has 0 aromatic heterocycles. The van der Waals surface area contributed by atoms with Gasteiger partial charge in [0.05, 0.1) is 5.84 Å². The van der Waals surface area contributed by atoms with Crippen molar-refractivity contribution in [1.29, 1.82) is 5.41 Å². The van der Waals surface area contributed by atoms with Crippen molar-refractivity contribution in [2.24, 2.45) is 0 Å². The van der Waals surface area contributed by atoms with E-state index in [9.17, 15) is 0 Å². The molecule has 0 radical (unpaired) electrons. The molecule has 3 heteroatoms. The molecule has 2 nitrogen and oxygen atoms in total. The summed E-state index contributed by atoms with van der Waals surface area (Å²) < 4.78 is 0. The third kappa shape index (κ3) is 4.50. The Morgan fingerprint density at radius 2 is 1.45 bits per heavy atom. The molecular weight excluding hydrogens is 131 g/mol. The molecule has 0 spiro atoms. The molecular formula is C8H19LiN2. The molecule has 0 aliphatic rings. The molecule has 1 N–H and O–H groups in total. The molecule has 11 heavy (non-hydrogen) atoms. The van der Waals surface area contributed by atoms with Crippen molar-refractivity contribution >= 4 is 5.84 Å². The normalized spacial score (nSPS) is 9.73. The molecule has 0 amide bonds. The number of hydrogen-bond donors (Lipinski definition) is 1. The maximum Gasteiger partial charge on any atom is 1.00 e. The Balaban J connectivity index is -0.000000405. The van der Waals surface area contributed by atoms with Gasteiger partial charge >= 0.3 is 18.9 Å². The first-order valence-electron chi connectivity index (χ1n) is 3.80. The van der Waals surface area contributed by atoms with Crippen LogP contribution < -0.4 is 18.9 Å². The molecule has 0 aliphatic carbocycles. The Labute approximate surface area is 83.5 Å². The topological polar surface area (TPSA) is 27.1 Å². The molecule has 62 valence electrons. The Morgan fingerprint density at radius 1 is 1.18 bits per heavy atom. The second-order valence-corrected chi connectivity index (χ2v) is 3.18. The van der Waals surface area contributed by atoms with E-state index in [1.54, 1.807) is 0 Å². The van der Waals surface area contributed by atoms with Gasteiger partial charge in [0.1, 0.15) is 0 Å². The number of hydrogen-bond acceptors (Lipinski definition) is 1. The fourth-order valence-corrected chi connectivity index (χ4v) is 1.37. The van der Waals surface area contributed by atoms with E-state index in [0.717, 1.165) is 0 Å². The molecule has 0 bridgehead atoms. The van der Waals surface area contributed by atoms with Gasteiger partial charge in [-0.15, -0.1) is 0 Å². The molecule has 0 saturated carbocycles. The van der Waals surface area contributed by atoms with Gasteiger partial charge in [-0.2, -0.15) is 0 Å². The standard InChI is InChI=1S/C8H18N2.Li.H/c1-6(2)10(7(3)4)8(5)9;;/h6-7,9H,1-5H3;;/q;+1;-1. The summed E-state index contributed by atoms with van der Waals surface area (Å²) >= 11 is 0. The summed E-state index contributed by atoms with van der Waals surface area (Å²) in [5.74, 6) is 0.657. The molecule has 0 unspecified atom stereocenters. The smallest absolute Gasteiger partial charge is 1.00 e. The van der Waals surface area contributed by atoms with Crippen molar-refractivity contribution in [3.05, 3.63) is 0 Å². The van der Waals surface area contributed by atoms with Gasteiger partial charge in [-0.25, -0.2) is 0 Å². The summed E-state index contributed by atoms with van der Waals surface area (Å²) in [6, 6.07) is 0.884. The van der Waals surface area contributed by atoms with Crippen molar-refractivity contribution in [3.8, 4) is 0 Å². The molecule has 0 fully saturated rings. The first-order valence-corrected chi connectivity index (χ1v) is 3.80. The van der Waals surface area contributed by atoms with Crippen LogP contribution in [0.1, 0.15) is 36.0 Å². The quantitative estimate of drug-likeness (QED) is 0.312. The number of nitrogens with one attached hydrogen (secondary N) is 1. The van der Waals surface area contributed by atoms with E-state index in [1.165, 1.54) is 0 Å². The molecule has 0 heterocycles. The number of nitrogens with zero attached hydrogens (tertiary/aromatic N) is 1. The Morgan fingerprint density at radius 3 is 1.45 bits per heavy atom. The molecule has 0 aromatic carbocycles. The van der Waals surface area contributed by atoms with Crippen molar-refractivity contribution in [2.45, 2.75) is 46.7 Å². The van der Waals surface area contributed by atoms with E-state index in [-0.39, 0.29) is 20.3 Å². The summed E-state index contributed by atoms with van der Waals surface area (Å²) in [5, 5.41) is 7.44. The maximum absolute atomic E-state index is 7.44. The minimum atomic E-state index is 0. The van der Waals surface area contributed by atoms with Gasteiger partial charge in [-0.1, -0.05) is 0 Å². The minimum Gasteiger partial charge on any atom is -1.00 e. The number of amidine groups is 1. The fourth-order valence-electron chi connectivity index (χ4n) is 1.37. The van der Waals surface area contributed by atoms with Gasteiger partial charge in [0.25, 0.3) is 0 Å². The van der Waals surface area contributed by atoms with Crippen molar-refractivity contribution in [2.75, 3.05) is 0 Å². The van der Waals surface area contributed by atoms with E-state index >= 15 is 0 Å². The van der Waals surface area contributed by atoms with Crippen LogP contribution in [0.25, 0.3) is 0 Å². The van der Waals surface area contributed by atoms with E-state index in [0.29, 0.717) is 17.9 Å². The summed E-state index contributed by atoms with van der Waals surface area (Å²) in [7, 11) is 0. The van der Waals surface area contributed by atoms with E-state index in [4.69, 9.17) is 5.41 Å². The van der Waals surface area contributed by atoms with Crippen LogP contribution in [0.3, 0.4) is 0 Å². The molecule has 0 rings (SSSR count). The predicted molar refractivity (Wildman–Crippen MR) is 46.6 cm³/mol. The van der Waals surface area contributed by atoms with Gasteiger partial charge in [0.15, 0.2) is 0 Å². The second kappa shape index (κ2) is 5.68. The average Bonchev–Trinajstić information content (AvgIpc) is 1.59. The average molecular weight is 150 g/mol. The molecule has 0 saturated heterocycles. The molecule has 0 aliphatic heterocycles. The van der Waals surface area contributed by atoms with Gasteiger partial charge in [0.2, 0.25) is 0 Å². The fraction of sp³-hybridized carbons (Fsp3) is 0.875. The first-order chi connectivity index (χ1) is 4.46. The van der Waals surface area contributed by atoms with Crippen molar-refractivity contribution in [1.82, 2.24) is 4.90 Å². The van der Waals surface area contributed by atoms with Crippen LogP contribution in [-0.4, -0.2) is 22.8 Å².